The minimum absolute atomic E-state index is 0.0147. The number of hydrogen-bond donors (Lipinski definition) is 0. The minimum atomic E-state index is -4.43. The fraction of sp³-hybridized carbons (Fsp3) is 0.300. The van der Waals surface area contributed by atoms with E-state index in [9.17, 15) is 18.1 Å². The molecule has 0 N–H and O–H groups in total. The van der Waals surface area contributed by atoms with E-state index in [4.69, 9.17) is 9.57 Å². The average molecular weight is 407 g/mol. The monoisotopic (exact) mass is 407 g/mol. The predicted octanol–water partition coefficient (Wildman–Crippen LogP) is 4.80. The standard InChI is InChI=1S/C20H20F3N3O3/c1-13(14-8-6-9-16(11-14)20(21,22)23)26-29-12-15-7-4-5-10-17(15)18(24-2)19(25-27)28-3/h4-11,19H,12H2,1-3H3. The fourth-order valence-corrected chi connectivity index (χ4v) is 2.64. The van der Waals surface area contributed by atoms with Crippen LogP contribution in [0.2, 0.25) is 0 Å². The van der Waals surface area contributed by atoms with Gasteiger partial charge in [0.05, 0.1) is 17.0 Å². The number of hydrogen-bond acceptors (Lipinski definition) is 6. The molecule has 1 unspecified atom stereocenters. The summed E-state index contributed by atoms with van der Waals surface area (Å²) in [6, 6.07) is 11.9. The number of halogens is 3. The van der Waals surface area contributed by atoms with Crippen LogP contribution in [0.25, 0.3) is 0 Å². The summed E-state index contributed by atoms with van der Waals surface area (Å²) in [6.45, 7) is 1.57. The van der Waals surface area contributed by atoms with Gasteiger partial charge in [-0.3, -0.25) is 4.99 Å². The zero-order valence-electron chi connectivity index (χ0n) is 16.1. The van der Waals surface area contributed by atoms with Gasteiger partial charge in [0.15, 0.2) is 0 Å². The van der Waals surface area contributed by atoms with Crippen LogP contribution in [0.4, 0.5) is 13.2 Å². The Labute approximate surface area is 166 Å². The Hall–Kier alpha value is -3.07. The Morgan fingerprint density at radius 1 is 1.14 bits per heavy atom. The first-order valence-electron chi connectivity index (χ1n) is 8.56. The lowest BCUT2D eigenvalue weighted by Crippen LogP contribution is -2.23. The second kappa shape index (κ2) is 9.92. The quantitative estimate of drug-likeness (QED) is 0.358. The summed E-state index contributed by atoms with van der Waals surface area (Å²) in [7, 11) is 2.86. The molecule has 0 fully saturated rings. The van der Waals surface area contributed by atoms with Crippen LogP contribution in [0.5, 0.6) is 0 Å². The lowest BCUT2D eigenvalue weighted by Gasteiger charge is -2.14. The third-order valence-electron chi connectivity index (χ3n) is 4.12. The van der Waals surface area contributed by atoms with E-state index in [0.29, 0.717) is 28.1 Å². The first-order valence-corrected chi connectivity index (χ1v) is 8.56. The lowest BCUT2D eigenvalue weighted by atomic mass is 10.0. The molecule has 2 aromatic carbocycles. The second-order valence-electron chi connectivity index (χ2n) is 5.99. The molecule has 0 radical (unpaired) electrons. The molecule has 2 rings (SSSR count). The smallest absolute Gasteiger partial charge is 0.391 e. The molecule has 29 heavy (non-hydrogen) atoms. The third-order valence-corrected chi connectivity index (χ3v) is 4.12. The molecule has 154 valence electrons. The molecule has 0 saturated carbocycles. The van der Waals surface area contributed by atoms with Crippen molar-refractivity contribution in [1.82, 2.24) is 0 Å². The van der Waals surface area contributed by atoms with Crippen LogP contribution >= 0.6 is 0 Å². The molecule has 0 aliphatic carbocycles. The number of nitrogens with zero attached hydrogens (tertiary/aromatic N) is 3. The Morgan fingerprint density at radius 3 is 2.48 bits per heavy atom. The van der Waals surface area contributed by atoms with E-state index in [1.165, 1.54) is 26.3 Å². The van der Waals surface area contributed by atoms with E-state index < -0.39 is 18.0 Å². The van der Waals surface area contributed by atoms with Gasteiger partial charge in [-0.1, -0.05) is 41.6 Å². The van der Waals surface area contributed by atoms with E-state index in [1.807, 2.05) is 0 Å². The number of methoxy groups -OCH3 is 1. The first kappa shape index (κ1) is 22.2. The van der Waals surface area contributed by atoms with Crippen molar-refractivity contribution in [2.75, 3.05) is 14.2 Å². The Bertz CT molecular complexity index is 911. The van der Waals surface area contributed by atoms with Gasteiger partial charge in [-0.25, -0.2) is 0 Å². The predicted molar refractivity (Wildman–Crippen MR) is 104 cm³/mol. The molecular weight excluding hydrogens is 387 g/mol. The van der Waals surface area contributed by atoms with Crippen LogP contribution in [0.3, 0.4) is 0 Å². The van der Waals surface area contributed by atoms with Gasteiger partial charge in [-0.2, -0.15) is 13.2 Å². The number of oxime groups is 1. The summed E-state index contributed by atoms with van der Waals surface area (Å²) in [5.74, 6) is 0. The second-order valence-corrected chi connectivity index (χ2v) is 5.99. The van der Waals surface area contributed by atoms with E-state index in [0.717, 1.165) is 12.1 Å². The van der Waals surface area contributed by atoms with Crippen LogP contribution < -0.4 is 0 Å². The van der Waals surface area contributed by atoms with E-state index in [1.54, 1.807) is 31.2 Å². The topological polar surface area (TPSA) is 72.6 Å². The lowest BCUT2D eigenvalue weighted by molar-refractivity contribution is -0.137. The van der Waals surface area contributed by atoms with Gasteiger partial charge >= 0.3 is 6.18 Å². The average Bonchev–Trinajstić information content (AvgIpc) is 2.72. The van der Waals surface area contributed by atoms with Crippen LogP contribution in [0.1, 0.15) is 29.2 Å². The van der Waals surface area contributed by atoms with Crippen molar-refractivity contribution >= 4 is 11.4 Å². The fourth-order valence-electron chi connectivity index (χ4n) is 2.64. The summed E-state index contributed by atoms with van der Waals surface area (Å²) in [4.78, 5) is 20.4. The largest absolute Gasteiger partial charge is 0.416 e. The molecule has 0 heterocycles. The van der Waals surface area contributed by atoms with Crippen LogP contribution in [-0.2, 0) is 22.4 Å². The minimum Gasteiger partial charge on any atom is -0.391 e. The van der Waals surface area contributed by atoms with Crippen LogP contribution in [0.15, 0.2) is 63.9 Å². The summed E-state index contributed by atoms with van der Waals surface area (Å²) < 4.78 is 43.6. The zero-order chi connectivity index (χ0) is 21.4. The molecule has 0 aromatic heterocycles. The Balaban J connectivity index is 2.20. The van der Waals surface area contributed by atoms with Gasteiger partial charge in [-0.15, -0.1) is 4.91 Å². The molecule has 0 saturated heterocycles. The highest BCUT2D eigenvalue weighted by Gasteiger charge is 2.30. The Morgan fingerprint density at radius 2 is 1.86 bits per heavy atom. The van der Waals surface area contributed by atoms with Gasteiger partial charge in [0.2, 0.25) is 6.23 Å². The van der Waals surface area contributed by atoms with Crippen LogP contribution in [-0.4, -0.2) is 31.8 Å². The van der Waals surface area contributed by atoms with Gasteiger partial charge < -0.3 is 9.57 Å². The van der Waals surface area contributed by atoms with E-state index in [-0.39, 0.29) is 6.61 Å². The molecule has 9 heteroatoms. The van der Waals surface area contributed by atoms with Gasteiger partial charge in [0.25, 0.3) is 0 Å². The zero-order valence-corrected chi connectivity index (χ0v) is 16.1. The van der Waals surface area contributed by atoms with Gasteiger partial charge in [0.1, 0.15) is 6.61 Å². The van der Waals surface area contributed by atoms with Crippen molar-refractivity contribution in [2.24, 2.45) is 15.3 Å². The van der Waals surface area contributed by atoms with E-state index in [2.05, 4.69) is 15.3 Å². The van der Waals surface area contributed by atoms with Gasteiger partial charge in [0, 0.05) is 25.3 Å². The van der Waals surface area contributed by atoms with Gasteiger partial charge in [-0.05, 0) is 29.8 Å². The maximum absolute atomic E-state index is 12.9. The summed E-state index contributed by atoms with van der Waals surface area (Å²) in [6.07, 6.45) is -5.51. The van der Waals surface area contributed by atoms with Crippen molar-refractivity contribution in [2.45, 2.75) is 25.9 Å². The highest BCUT2D eigenvalue weighted by Crippen LogP contribution is 2.29. The summed E-state index contributed by atoms with van der Waals surface area (Å²) in [5, 5.41) is 6.83. The maximum Gasteiger partial charge on any atom is 0.416 e. The molecule has 0 aliphatic heterocycles. The van der Waals surface area contributed by atoms with Crippen LogP contribution in [0, 0.1) is 4.91 Å². The number of alkyl halides is 3. The number of nitroso groups, excluding NO2 is 1. The third kappa shape index (κ3) is 5.71. The first-order chi connectivity index (χ1) is 13.8. The number of aliphatic imine (C=N–C) groups is 1. The molecule has 0 spiro atoms. The molecule has 1 atom stereocenters. The number of ether oxygens (including phenoxy) is 1. The van der Waals surface area contributed by atoms with E-state index >= 15 is 0 Å². The number of benzene rings is 2. The van der Waals surface area contributed by atoms with Crippen molar-refractivity contribution in [3.05, 3.63) is 75.7 Å². The SMILES string of the molecule is CN=C(c1ccccc1CON=C(C)c1cccc(C(F)(F)F)c1)C(N=O)OC. The normalized spacial score (nSPS) is 13.9. The van der Waals surface area contributed by atoms with Crippen molar-refractivity contribution in [3.63, 3.8) is 0 Å². The highest BCUT2D eigenvalue weighted by molar-refractivity contribution is 6.04. The van der Waals surface area contributed by atoms with Crippen molar-refractivity contribution < 1.29 is 22.7 Å². The summed E-state index contributed by atoms with van der Waals surface area (Å²) >= 11 is 0. The van der Waals surface area contributed by atoms with Crippen molar-refractivity contribution in [1.29, 1.82) is 0 Å². The highest BCUT2D eigenvalue weighted by atomic mass is 19.4. The van der Waals surface area contributed by atoms with Crippen molar-refractivity contribution in [3.8, 4) is 0 Å². The molecule has 0 amide bonds. The molecular formula is C20H20F3N3O3. The molecule has 0 bridgehead atoms. The maximum atomic E-state index is 12.9. The molecule has 2 aromatic rings. The Kier molecular flexibility index (Phi) is 7.60. The molecule has 0 aliphatic rings. The molecule has 6 nitrogen and oxygen atoms in total. The number of rotatable bonds is 8. The summed E-state index contributed by atoms with van der Waals surface area (Å²) in [5.41, 5.74) is 1.44.